The topological polar surface area (TPSA) is 99.3 Å². The molecule has 3 rings (SSSR count). The molecule has 1 atom stereocenters. The summed E-state index contributed by atoms with van der Waals surface area (Å²) in [5.74, 6) is -2.61. The molecule has 1 aliphatic carbocycles. The van der Waals surface area contributed by atoms with Gasteiger partial charge in [0, 0.05) is 5.69 Å². The zero-order valence-electron chi connectivity index (χ0n) is 15.0. The van der Waals surface area contributed by atoms with Gasteiger partial charge in [-0.2, -0.15) is 0 Å². The number of aromatic nitrogens is 1. The molecule has 0 saturated heterocycles. The van der Waals surface area contributed by atoms with Crippen LogP contribution >= 0.6 is 0 Å². The fourth-order valence-electron chi connectivity index (χ4n) is 3.35. The third kappa shape index (κ3) is 3.77. The molecule has 1 heterocycles. The summed E-state index contributed by atoms with van der Waals surface area (Å²) in [6, 6.07) is 6.40. The van der Waals surface area contributed by atoms with E-state index in [2.05, 4.69) is 10.3 Å². The van der Waals surface area contributed by atoms with Crippen LogP contribution in [0.15, 0.2) is 35.1 Å². The van der Waals surface area contributed by atoms with Crippen molar-refractivity contribution in [3.8, 4) is 0 Å². The molecule has 1 unspecified atom stereocenters. The van der Waals surface area contributed by atoms with Gasteiger partial charge in [-0.25, -0.2) is 9.18 Å². The van der Waals surface area contributed by atoms with Gasteiger partial charge in [0.05, 0.1) is 0 Å². The number of pyridine rings is 1. The van der Waals surface area contributed by atoms with Gasteiger partial charge in [0.25, 0.3) is 11.5 Å². The van der Waals surface area contributed by atoms with Crippen molar-refractivity contribution >= 4 is 11.9 Å². The van der Waals surface area contributed by atoms with Crippen LogP contribution in [0.25, 0.3) is 0 Å². The first-order valence-corrected chi connectivity index (χ1v) is 8.88. The van der Waals surface area contributed by atoms with Crippen LogP contribution in [0.2, 0.25) is 0 Å². The van der Waals surface area contributed by atoms with Gasteiger partial charge in [0.1, 0.15) is 11.4 Å². The number of aliphatic carboxylic acids is 1. The lowest BCUT2D eigenvalue weighted by Crippen LogP contribution is -2.50. The Morgan fingerprint density at radius 1 is 1.15 bits per heavy atom. The molecule has 1 aliphatic rings. The Balaban J connectivity index is 1.95. The summed E-state index contributed by atoms with van der Waals surface area (Å²) in [6.07, 6.45) is 4.54. The van der Waals surface area contributed by atoms with Crippen molar-refractivity contribution in [2.24, 2.45) is 0 Å². The number of carboxylic acids is 1. The van der Waals surface area contributed by atoms with E-state index in [9.17, 15) is 23.9 Å². The summed E-state index contributed by atoms with van der Waals surface area (Å²) in [7, 11) is 0. The second-order valence-corrected chi connectivity index (χ2v) is 6.97. The molecule has 0 radical (unpaired) electrons. The minimum absolute atomic E-state index is 0.120. The van der Waals surface area contributed by atoms with E-state index in [0.29, 0.717) is 0 Å². The number of carbonyl (C=O) groups is 2. The number of amides is 1. The molecule has 3 N–H and O–H groups in total. The SMILES string of the molecule is CC(NC(=O)c1cc2c([nH]c1=O)CCCCC2)(C(=O)O)c1ccc(F)cc1. The van der Waals surface area contributed by atoms with Crippen molar-refractivity contribution < 1.29 is 19.1 Å². The summed E-state index contributed by atoms with van der Waals surface area (Å²) in [5, 5.41) is 12.1. The Labute approximate surface area is 155 Å². The quantitative estimate of drug-likeness (QED) is 0.718. The molecule has 27 heavy (non-hydrogen) atoms. The van der Waals surface area contributed by atoms with E-state index in [1.807, 2.05) is 0 Å². The third-order valence-corrected chi connectivity index (χ3v) is 5.05. The lowest BCUT2D eigenvalue weighted by atomic mass is 9.91. The molecule has 0 saturated carbocycles. The number of halogens is 1. The number of benzene rings is 1. The Morgan fingerprint density at radius 3 is 2.48 bits per heavy atom. The Hall–Kier alpha value is -2.96. The van der Waals surface area contributed by atoms with E-state index in [1.165, 1.54) is 19.1 Å². The number of hydrogen-bond donors (Lipinski definition) is 3. The van der Waals surface area contributed by atoms with Gasteiger partial charge in [-0.3, -0.25) is 9.59 Å². The average Bonchev–Trinajstić information content (AvgIpc) is 2.85. The first kappa shape index (κ1) is 18.8. The molecule has 0 spiro atoms. The molecule has 6 nitrogen and oxygen atoms in total. The van der Waals surface area contributed by atoms with Crippen LogP contribution in [0, 0.1) is 5.82 Å². The van der Waals surface area contributed by atoms with Gasteiger partial charge in [-0.15, -0.1) is 0 Å². The average molecular weight is 372 g/mol. The van der Waals surface area contributed by atoms with Gasteiger partial charge >= 0.3 is 5.97 Å². The highest BCUT2D eigenvalue weighted by Gasteiger charge is 2.37. The number of rotatable bonds is 4. The van der Waals surface area contributed by atoms with Gasteiger partial charge in [0.15, 0.2) is 5.54 Å². The van der Waals surface area contributed by atoms with Gasteiger partial charge in [-0.05, 0) is 61.9 Å². The number of aromatic amines is 1. The first-order chi connectivity index (χ1) is 12.8. The normalized spacial score (nSPS) is 15.9. The maximum absolute atomic E-state index is 13.2. The lowest BCUT2D eigenvalue weighted by molar-refractivity contribution is -0.144. The largest absolute Gasteiger partial charge is 0.479 e. The van der Waals surface area contributed by atoms with Crippen LogP contribution in [0.4, 0.5) is 4.39 Å². The lowest BCUT2D eigenvalue weighted by Gasteiger charge is -2.26. The standard InChI is InChI=1S/C20H21FN2O4/c1-20(19(26)27,13-7-9-14(21)10-8-13)23-18(25)15-11-12-5-3-2-4-6-16(12)22-17(15)24/h7-11H,2-6H2,1H3,(H,22,24)(H,23,25)(H,26,27). The molecule has 7 heteroatoms. The Bertz CT molecular complexity index is 936. The maximum Gasteiger partial charge on any atom is 0.333 e. The summed E-state index contributed by atoms with van der Waals surface area (Å²) in [6.45, 7) is 1.30. The number of carbonyl (C=O) groups excluding carboxylic acids is 1. The van der Waals surface area contributed by atoms with Crippen LogP contribution in [0.1, 0.15) is 53.4 Å². The highest BCUT2D eigenvalue weighted by atomic mass is 19.1. The predicted molar refractivity (Wildman–Crippen MR) is 97.2 cm³/mol. The molecule has 1 aromatic heterocycles. The molecule has 1 aromatic carbocycles. The molecule has 0 fully saturated rings. The molecule has 142 valence electrons. The second kappa shape index (κ2) is 7.34. The van der Waals surface area contributed by atoms with E-state index < -0.39 is 28.8 Å². The zero-order chi connectivity index (χ0) is 19.6. The number of nitrogens with one attached hydrogen (secondary N) is 2. The zero-order valence-corrected chi connectivity index (χ0v) is 15.0. The van der Waals surface area contributed by atoms with Crippen LogP contribution in [-0.4, -0.2) is 22.0 Å². The van der Waals surface area contributed by atoms with Crippen molar-refractivity contribution in [1.82, 2.24) is 10.3 Å². The minimum Gasteiger partial charge on any atom is -0.479 e. The molecule has 1 amide bonds. The molecular weight excluding hydrogens is 351 g/mol. The van der Waals surface area contributed by atoms with E-state index in [-0.39, 0.29) is 11.1 Å². The maximum atomic E-state index is 13.2. The molecule has 0 bridgehead atoms. The van der Waals surface area contributed by atoms with E-state index >= 15 is 0 Å². The third-order valence-electron chi connectivity index (χ3n) is 5.05. The van der Waals surface area contributed by atoms with Crippen molar-refractivity contribution in [2.45, 2.75) is 44.6 Å². The number of fused-ring (bicyclic) bond motifs is 1. The minimum atomic E-state index is -1.80. The highest BCUT2D eigenvalue weighted by Crippen LogP contribution is 2.23. The summed E-state index contributed by atoms with van der Waals surface area (Å²) < 4.78 is 13.2. The number of carboxylic acid groups (broad SMARTS) is 1. The van der Waals surface area contributed by atoms with Crippen LogP contribution in [-0.2, 0) is 23.2 Å². The first-order valence-electron chi connectivity index (χ1n) is 8.88. The summed E-state index contributed by atoms with van der Waals surface area (Å²) in [5.41, 5.74) is -0.505. The van der Waals surface area contributed by atoms with E-state index in [4.69, 9.17) is 0 Å². The van der Waals surface area contributed by atoms with Crippen molar-refractivity contribution in [2.75, 3.05) is 0 Å². The summed E-state index contributed by atoms with van der Waals surface area (Å²) in [4.78, 5) is 39.7. The van der Waals surface area contributed by atoms with Crippen molar-refractivity contribution in [1.29, 1.82) is 0 Å². The van der Waals surface area contributed by atoms with Gasteiger partial charge in [-0.1, -0.05) is 18.6 Å². The van der Waals surface area contributed by atoms with Crippen LogP contribution in [0.3, 0.4) is 0 Å². The Kier molecular flexibility index (Phi) is 5.12. The van der Waals surface area contributed by atoms with Crippen LogP contribution in [0.5, 0.6) is 0 Å². The van der Waals surface area contributed by atoms with Gasteiger partial charge in [0.2, 0.25) is 0 Å². The van der Waals surface area contributed by atoms with Crippen LogP contribution < -0.4 is 10.9 Å². The highest BCUT2D eigenvalue weighted by molar-refractivity contribution is 5.98. The number of aryl methyl sites for hydroxylation is 2. The van der Waals surface area contributed by atoms with E-state index in [0.717, 1.165) is 55.5 Å². The number of H-pyrrole nitrogens is 1. The fraction of sp³-hybridized carbons (Fsp3) is 0.350. The van der Waals surface area contributed by atoms with Gasteiger partial charge < -0.3 is 15.4 Å². The molecule has 2 aromatic rings. The van der Waals surface area contributed by atoms with E-state index in [1.54, 1.807) is 6.07 Å². The monoisotopic (exact) mass is 372 g/mol. The van der Waals surface area contributed by atoms with Crippen molar-refractivity contribution in [3.63, 3.8) is 0 Å². The Morgan fingerprint density at radius 2 is 1.81 bits per heavy atom. The molecule has 0 aliphatic heterocycles. The summed E-state index contributed by atoms with van der Waals surface area (Å²) >= 11 is 0. The molecular formula is C20H21FN2O4. The smallest absolute Gasteiger partial charge is 0.333 e. The predicted octanol–water partition coefficient (Wildman–Crippen LogP) is 2.51. The number of hydrogen-bond acceptors (Lipinski definition) is 3. The second-order valence-electron chi connectivity index (χ2n) is 6.97. The van der Waals surface area contributed by atoms with Crippen molar-refractivity contribution in [3.05, 3.63) is 68.9 Å². The fourth-order valence-corrected chi connectivity index (χ4v) is 3.35.